The SMILES string of the molecule is O=C1CCC(=O)N1CCc1cc[nH]c1. The number of nitrogens with one attached hydrogen (secondary N) is 1. The van der Waals surface area contributed by atoms with Crippen LogP contribution >= 0.6 is 0 Å². The van der Waals surface area contributed by atoms with E-state index in [0.717, 1.165) is 12.0 Å². The molecule has 0 atom stereocenters. The molecule has 0 aliphatic carbocycles. The van der Waals surface area contributed by atoms with Gasteiger partial charge in [-0.3, -0.25) is 14.5 Å². The molecule has 74 valence electrons. The number of hydrogen-bond donors (Lipinski definition) is 1. The summed E-state index contributed by atoms with van der Waals surface area (Å²) in [6, 6.07) is 1.95. The first-order valence-electron chi connectivity index (χ1n) is 4.72. The molecule has 0 unspecified atom stereocenters. The highest BCUT2D eigenvalue weighted by atomic mass is 16.2. The van der Waals surface area contributed by atoms with E-state index in [4.69, 9.17) is 0 Å². The summed E-state index contributed by atoms with van der Waals surface area (Å²) >= 11 is 0. The van der Waals surface area contributed by atoms with Crippen molar-refractivity contribution in [3.63, 3.8) is 0 Å². The molecule has 0 radical (unpaired) electrons. The van der Waals surface area contributed by atoms with E-state index in [1.54, 1.807) is 0 Å². The first kappa shape index (κ1) is 8.99. The molecule has 4 nitrogen and oxygen atoms in total. The van der Waals surface area contributed by atoms with Crippen molar-refractivity contribution >= 4 is 11.8 Å². The monoisotopic (exact) mass is 192 g/mol. The van der Waals surface area contributed by atoms with Crippen LogP contribution in [0.3, 0.4) is 0 Å². The van der Waals surface area contributed by atoms with Gasteiger partial charge in [-0.1, -0.05) is 0 Å². The van der Waals surface area contributed by atoms with Crippen molar-refractivity contribution in [3.8, 4) is 0 Å². The second-order valence-electron chi connectivity index (χ2n) is 3.41. The molecule has 1 fully saturated rings. The Morgan fingerprint density at radius 1 is 1.29 bits per heavy atom. The molecule has 1 aromatic rings. The van der Waals surface area contributed by atoms with Crippen LogP contribution in [0.1, 0.15) is 18.4 Å². The Morgan fingerprint density at radius 2 is 2.00 bits per heavy atom. The predicted molar refractivity (Wildman–Crippen MR) is 50.5 cm³/mol. The summed E-state index contributed by atoms with van der Waals surface area (Å²) in [5, 5.41) is 0. The minimum Gasteiger partial charge on any atom is -0.367 e. The molecule has 2 rings (SSSR count). The van der Waals surface area contributed by atoms with Gasteiger partial charge < -0.3 is 4.98 Å². The van der Waals surface area contributed by atoms with Gasteiger partial charge in [0.25, 0.3) is 0 Å². The number of carbonyl (C=O) groups excluding carboxylic acids is 2. The van der Waals surface area contributed by atoms with Crippen LogP contribution in [0.15, 0.2) is 18.5 Å². The molecule has 4 heteroatoms. The van der Waals surface area contributed by atoms with Crippen molar-refractivity contribution in [1.82, 2.24) is 9.88 Å². The van der Waals surface area contributed by atoms with E-state index in [-0.39, 0.29) is 11.8 Å². The van der Waals surface area contributed by atoms with Gasteiger partial charge in [0.15, 0.2) is 0 Å². The zero-order valence-electron chi connectivity index (χ0n) is 7.82. The van der Waals surface area contributed by atoms with Gasteiger partial charge in [-0.25, -0.2) is 0 Å². The molecular formula is C10H12N2O2. The zero-order valence-corrected chi connectivity index (χ0v) is 7.82. The van der Waals surface area contributed by atoms with Gasteiger partial charge in [-0.05, 0) is 18.1 Å². The minimum absolute atomic E-state index is 0.0365. The fourth-order valence-corrected chi connectivity index (χ4v) is 1.63. The van der Waals surface area contributed by atoms with E-state index < -0.39 is 0 Å². The summed E-state index contributed by atoms with van der Waals surface area (Å²) in [7, 11) is 0. The normalized spacial score (nSPS) is 16.7. The third-order valence-electron chi connectivity index (χ3n) is 2.44. The standard InChI is InChI=1S/C10H12N2O2/c13-9-1-2-10(14)12(9)6-4-8-3-5-11-7-8/h3,5,7,11H,1-2,4,6H2. The van der Waals surface area contributed by atoms with Crippen molar-refractivity contribution in [1.29, 1.82) is 0 Å². The van der Waals surface area contributed by atoms with Crippen LogP contribution in [0, 0.1) is 0 Å². The lowest BCUT2D eigenvalue weighted by Crippen LogP contribution is -2.30. The van der Waals surface area contributed by atoms with Crippen molar-refractivity contribution in [2.45, 2.75) is 19.3 Å². The van der Waals surface area contributed by atoms with Crippen LogP contribution < -0.4 is 0 Å². The van der Waals surface area contributed by atoms with Gasteiger partial charge in [-0.15, -0.1) is 0 Å². The molecule has 1 aliphatic rings. The first-order chi connectivity index (χ1) is 6.77. The average Bonchev–Trinajstić information content (AvgIpc) is 2.76. The number of H-pyrrole nitrogens is 1. The van der Waals surface area contributed by atoms with E-state index in [9.17, 15) is 9.59 Å². The highest BCUT2D eigenvalue weighted by Crippen LogP contribution is 2.12. The lowest BCUT2D eigenvalue weighted by Gasteiger charge is -2.12. The molecule has 2 heterocycles. The maximum absolute atomic E-state index is 11.2. The Morgan fingerprint density at radius 3 is 2.57 bits per heavy atom. The van der Waals surface area contributed by atoms with E-state index in [2.05, 4.69) is 4.98 Å². The molecule has 14 heavy (non-hydrogen) atoms. The largest absolute Gasteiger partial charge is 0.367 e. The van der Waals surface area contributed by atoms with Gasteiger partial charge in [-0.2, -0.15) is 0 Å². The number of rotatable bonds is 3. The molecule has 0 saturated carbocycles. The number of carbonyl (C=O) groups is 2. The topological polar surface area (TPSA) is 53.2 Å². The molecule has 0 spiro atoms. The highest BCUT2D eigenvalue weighted by molar-refractivity contribution is 6.01. The van der Waals surface area contributed by atoms with E-state index in [1.807, 2.05) is 18.5 Å². The van der Waals surface area contributed by atoms with Gasteiger partial charge in [0.1, 0.15) is 0 Å². The molecule has 1 N–H and O–H groups in total. The predicted octanol–water partition coefficient (Wildman–Crippen LogP) is 0.706. The van der Waals surface area contributed by atoms with E-state index in [0.29, 0.717) is 19.4 Å². The first-order valence-corrected chi connectivity index (χ1v) is 4.72. The Kier molecular flexibility index (Phi) is 2.35. The van der Waals surface area contributed by atoms with E-state index in [1.165, 1.54) is 4.90 Å². The van der Waals surface area contributed by atoms with Crippen LogP contribution in [-0.4, -0.2) is 28.2 Å². The molecule has 1 aromatic heterocycles. The molecule has 0 bridgehead atoms. The molecule has 1 saturated heterocycles. The van der Waals surface area contributed by atoms with Gasteiger partial charge >= 0.3 is 0 Å². The molecule has 2 amide bonds. The van der Waals surface area contributed by atoms with Crippen LogP contribution in [0.25, 0.3) is 0 Å². The number of aromatic nitrogens is 1. The average molecular weight is 192 g/mol. The quantitative estimate of drug-likeness (QED) is 0.717. The van der Waals surface area contributed by atoms with Crippen LogP contribution in [0.5, 0.6) is 0 Å². The third kappa shape index (κ3) is 1.69. The maximum atomic E-state index is 11.2. The zero-order chi connectivity index (χ0) is 9.97. The van der Waals surface area contributed by atoms with Crippen LogP contribution in [-0.2, 0) is 16.0 Å². The second kappa shape index (κ2) is 3.65. The number of amides is 2. The smallest absolute Gasteiger partial charge is 0.229 e. The van der Waals surface area contributed by atoms with Crippen LogP contribution in [0.2, 0.25) is 0 Å². The fraction of sp³-hybridized carbons (Fsp3) is 0.400. The number of hydrogen-bond acceptors (Lipinski definition) is 2. The number of likely N-dealkylation sites (tertiary alicyclic amines) is 1. The number of aromatic amines is 1. The summed E-state index contributed by atoms with van der Waals surface area (Å²) in [6.07, 6.45) is 5.22. The third-order valence-corrected chi connectivity index (χ3v) is 2.44. The van der Waals surface area contributed by atoms with Gasteiger partial charge in [0.2, 0.25) is 11.8 Å². The van der Waals surface area contributed by atoms with Gasteiger partial charge in [0.05, 0.1) is 0 Å². The maximum Gasteiger partial charge on any atom is 0.229 e. The highest BCUT2D eigenvalue weighted by Gasteiger charge is 2.27. The Balaban J connectivity index is 1.92. The van der Waals surface area contributed by atoms with E-state index >= 15 is 0 Å². The van der Waals surface area contributed by atoms with Crippen molar-refractivity contribution in [2.24, 2.45) is 0 Å². The Hall–Kier alpha value is -1.58. The Labute approximate surface area is 81.9 Å². The van der Waals surface area contributed by atoms with Crippen LogP contribution in [0.4, 0.5) is 0 Å². The minimum atomic E-state index is -0.0365. The second-order valence-corrected chi connectivity index (χ2v) is 3.41. The van der Waals surface area contributed by atoms with Crippen molar-refractivity contribution < 1.29 is 9.59 Å². The number of imide groups is 1. The lowest BCUT2D eigenvalue weighted by molar-refractivity contribution is -0.138. The van der Waals surface area contributed by atoms with Crippen molar-refractivity contribution in [3.05, 3.63) is 24.0 Å². The van der Waals surface area contributed by atoms with Crippen molar-refractivity contribution in [2.75, 3.05) is 6.54 Å². The summed E-state index contributed by atoms with van der Waals surface area (Å²) in [5.74, 6) is -0.0731. The molecule has 0 aromatic carbocycles. The number of nitrogens with zero attached hydrogens (tertiary/aromatic N) is 1. The summed E-state index contributed by atoms with van der Waals surface area (Å²) < 4.78 is 0. The fourth-order valence-electron chi connectivity index (χ4n) is 1.63. The summed E-state index contributed by atoms with van der Waals surface area (Å²) in [4.78, 5) is 26.8. The summed E-state index contributed by atoms with van der Waals surface area (Å²) in [5.41, 5.74) is 1.12. The lowest BCUT2D eigenvalue weighted by atomic mass is 10.2. The van der Waals surface area contributed by atoms with Gasteiger partial charge in [0, 0.05) is 31.8 Å². The summed E-state index contributed by atoms with van der Waals surface area (Å²) in [6.45, 7) is 0.509. The Bertz CT molecular complexity index is 327. The molecular weight excluding hydrogens is 180 g/mol. The molecule has 1 aliphatic heterocycles.